The summed E-state index contributed by atoms with van der Waals surface area (Å²) in [5.74, 6) is 0. The molecular weight excluding hydrogens is 542 g/mol. The summed E-state index contributed by atoms with van der Waals surface area (Å²) >= 11 is 0. The molecule has 0 fully saturated rings. The average Bonchev–Trinajstić information content (AvgIpc) is 3.30. The lowest BCUT2D eigenvalue weighted by molar-refractivity contribution is 0.660. The molecule has 0 spiro atoms. The Balaban J connectivity index is 1.31. The van der Waals surface area contributed by atoms with E-state index in [0.29, 0.717) is 0 Å². The summed E-state index contributed by atoms with van der Waals surface area (Å²) in [7, 11) is 0. The van der Waals surface area contributed by atoms with Gasteiger partial charge in [0.25, 0.3) is 0 Å². The minimum Gasteiger partial charge on any atom is -0.310 e. The van der Waals surface area contributed by atoms with Crippen molar-refractivity contribution in [1.82, 2.24) is 0 Å². The van der Waals surface area contributed by atoms with Crippen LogP contribution in [0.25, 0.3) is 33.4 Å². The molecule has 7 rings (SSSR count). The molecule has 0 N–H and O–H groups in total. The van der Waals surface area contributed by atoms with Crippen LogP contribution in [0.5, 0.6) is 0 Å². The number of aryl methyl sites for hydroxylation is 2. The molecular formula is C44H39N. The number of benzene rings is 6. The third-order valence-corrected chi connectivity index (χ3v) is 9.29. The number of fused-ring (bicyclic) bond motifs is 3. The van der Waals surface area contributed by atoms with E-state index in [1.54, 1.807) is 0 Å². The van der Waals surface area contributed by atoms with Gasteiger partial charge in [-0.15, -0.1) is 6.58 Å². The number of allylic oxidation sites excluding steroid dienone is 1. The Morgan fingerprint density at radius 1 is 0.556 bits per heavy atom. The van der Waals surface area contributed by atoms with E-state index in [0.717, 1.165) is 29.9 Å². The van der Waals surface area contributed by atoms with E-state index in [-0.39, 0.29) is 5.41 Å². The number of nitrogens with zero attached hydrogens (tertiary/aromatic N) is 1. The van der Waals surface area contributed by atoms with Crippen LogP contribution < -0.4 is 4.90 Å². The van der Waals surface area contributed by atoms with Crippen LogP contribution in [0.1, 0.15) is 42.5 Å². The summed E-state index contributed by atoms with van der Waals surface area (Å²) in [5.41, 5.74) is 16.4. The van der Waals surface area contributed by atoms with Crippen LogP contribution in [0.15, 0.2) is 152 Å². The molecule has 6 aromatic carbocycles. The van der Waals surface area contributed by atoms with Crippen LogP contribution in [0.3, 0.4) is 0 Å². The number of hydrogen-bond acceptors (Lipinski definition) is 1. The van der Waals surface area contributed by atoms with E-state index < -0.39 is 0 Å². The zero-order valence-corrected chi connectivity index (χ0v) is 26.4. The first kappa shape index (κ1) is 28.6. The van der Waals surface area contributed by atoms with Crippen LogP contribution >= 0.6 is 0 Å². The van der Waals surface area contributed by atoms with Crippen molar-refractivity contribution < 1.29 is 0 Å². The SMILES string of the molecule is C=CCCc1cc(C)cc(-c2ccc(N(c3ccc(-c4ccccc4)cc3)c3ccc4c(c3)C(C)(C)c3ccccc3-4)cc2)c1. The van der Waals surface area contributed by atoms with Gasteiger partial charge in [0, 0.05) is 22.5 Å². The van der Waals surface area contributed by atoms with Crippen LogP contribution in [0.2, 0.25) is 0 Å². The predicted molar refractivity (Wildman–Crippen MR) is 193 cm³/mol. The van der Waals surface area contributed by atoms with Gasteiger partial charge in [0.1, 0.15) is 0 Å². The van der Waals surface area contributed by atoms with Crippen molar-refractivity contribution in [2.75, 3.05) is 4.90 Å². The minimum atomic E-state index is -0.0664. The van der Waals surface area contributed by atoms with Gasteiger partial charge in [-0.25, -0.2) is 0 Å². The summed E-state index contributed by atoms with van der Waals surface area (Å²) in [6, 6.07) is 51.3. The second-order valence-electron chi connectivity index (χ2n) is 12.7. The van der Waals surface area contributed by atoms with Crippen molar-refractivity contribution in [3.8, 4) is 33.4 Å². The van der Waals surface area contributed by atoms with Gasteiger partial charge in [-0.2, -0.15) is 0 Å². The van der Waals surface area contributed by atoms with Crippen LogP contribution in [0, 0.1) is 6.92 Å². The van der Waals surface area contributed by atoms with Gasteiger partial charge in [0.05, 0.1) is 0 Å². The zero-order chi connectivity index (χ0) is 31.0. The normalized spacial score (nSPS) is 12.8. The third kappa shape index (κ3) is 5.40. The third-order valence-electron chi connectivity index (χ3n) is 9.29. The maximum Gasteiger partial charge on any atom is 0.0465 e. The standard InChI is InChI=1S/C44H39N/c1-5-6-12-32-27-31(2)28-36(29-32)35-19-23-38(24-20-35)45(37-21-17-34(18-22-37)33-13-8-7-9-14-33)39-25-26-41-40-15-10-11-16-42(40)44(3,4)43(41)30-39/h5,7-11,13-30H,1,6,12H2,2-4H3. The summed E-state index contributed by atoms with van der Waals surface area (Å²) in [6.07, 6.45) is 4.00. The Bertz CT molecular complexity index is 1980. The first-order valence-electron chi connectivity index (χ1n) is 15.9. The van der Waals surface area contributed by atoms with Gasteiger partial charge >= 0.3 is 0 Å². The molecule has 0 bridgehead atoms. The van der Waals surface area contributed by atoms with E-state index in [1.165, 1.54) is 55.6 Å². The Labute approximate surface area is 268 Å². The highest BCUT2D eigenvalue weighted by Crippen LogP contribution is 2.50. The quantitative estimate of drug-likeness (QED) is 0.162. The molecule has 0 radical (unpaired) electrons. The van der Waals surface area contributed by atoms with Gasteiger partial charge < -0.3 is 4.90 Å². The van der Waals surface area contributed by atoms with Crippen LogP contribution in [0.4, 0.5) is 17.1 Å². The Kier molecular flexibility index (Phi) is 7.47. The monoisotopic (exact) mass is 581 g/mol. The maximum absolute atomic E-state index is 3.91. The molecule has 220 valence electrons. The molecule has 0 aromatic heterocycles. The molecule has 0 unspecified atom stereocenters. The van der Waals surface area contributed by atoms with Gasteiger partial charge in [-0.3, -0.25) is 0 Å². The maximum atomic E-state index is 3.91. The Morgan fingerprint density at radius 2 is 1.13 bits per heavy atom. The predicted octanol–water partition coefficient (Wildman–Crippen LogP) is 12.2. The molecule has 1 aliphatic carbocycles. The van der Waals surface area contributed by atoms with Crippen molar-refractivity contribution in [3.05, 3.63) is 174 Å². The van der Waals surface area contributed by atoms with E-state index in [9.17, 15) is 0 Å². The first-order chi connectivity index (χ1) is 21.9. The number of hydrogen-bond donors (Lipinski definition) is 0. The molecule has 0 aliphatic heterocycles. The first-order valence-corrected chi connectivity index (χ1v) is 15.9. The molecule has 0 amide bonds. The molecule has 1 heteroatoms. The molecule has 45 heavy (non-hydrogen) atoms. The zero-order valence-electron chi connectivity index (χ0n) is 26.4. The number of rotatable bonds is 8. The fraction of sp³-hybridized carbons (Fsp3) is 0.136. The van der Waals surface area contributed by atoms with E-state index in [1.807, 2.05) is 6.08 Å². The van der Waals surface area contributed by atoms with Crippen molar-refractivity contribution in [3.63, 3.8) is 0 Å². The summed E-state index contributed by atoms with van der Waals surface area (Å²) in [4.78, 5) is 2.39. The van der Waals surface area contributed by atoms with Gasteiger partial charge in [-0.1, -0.05) is 129 Å². The lowest BCUT2D eigenvalue weighted by atomic mass is 9.82. The van der Waals surface area contributed by atoms with E-state index in [2.05, 4.69) is 172 Å². The van der Waals surface area contributed by atoms with Gasteiger partial charge in [-0.05, 0) is 106 Å². The highest BCUT2D eigenvalue weighted by molar-refractivity contribution is 5.86. The highest BCUT2D eigenvalue weighted by atomic mass is 15.1. The Morgan fingerprint density at radius 3 is 1.82 bits per heavy atom. The molecule has 0 atom stereocenters. The fourth-order valence-corrected chi connectivity index (χ4v) is 6.96. The molecule has 1 nitrogen and oxygen atoms in total. The molecule has 0 heterocycles. The second-order valence-corrected chi connectivity index (χ2v) is 12.7. The lowest BCUT2D eigenvalue weighted by Crippen LogP contribution is -2.16. The molecule has 1 aliphatic rings. The Hall–Kier alpha value is -5.14. The van der Waals surface area contributed by atoms with Gasteiger partial charge in [0.2, 0.25) is 0 Å². The largest absolute Gasteiger partial charge is 0.310 e. The topological polar surface area (TPSA) is 3.24 Å². The fourth-order valence-electron chi connectivity index (χ4n) is 6.96. The van der Waals surface area contributed by atoms with E-state index >= 15 is 0 Å². The van der Waals surface area contributed by atoms with Crippen molar-refractivity contribution in [2.45, 2.75) is 39.0 Å². The summed E-state index contributed by atoms with van der Waals surface area (Å²) in [5, 5.41) is 0. The van der Waals surface area contributed by atoms with Crippen molar-refractivity contribution in [1.29, 1.82) is 0 Å². The molecule has 0 saturated heterocycles. The summed E-state index contributed by atoms with van der Waals surface area (Å²) < 4.78 is 0. The van der Waals surface area contributed by atoms with E-state index in [4.69, 9.17) is 0 Å². The van der Waals surface area contributed by atoms with Crippen LogP contribution in [-0.4, -0.2) is 0 Å². The van der Waals surface area contributed by atoms with Crippen molar-refractivity contribution in [2.24, 2.45) is 0 Å². The summed E-state index contributed by atoms with van der Waals surface area (Å²) in [6.45, 7) is 10.8. The van der Waals surface area contributed by atoms with Crippen molar-refractivity contribution >= 4 is 17.1 Å². The van der Waals surface area contributed by atoms with Gasteiger partial charge in [0.15, 0.2) is 0 Å². The smallest absolute Gasteiger partial charge is 0.0465 e. The highest BCUT2D eigenvalue weighted by Gasteiger charge is 2.35. The lowest BCUT2D eigenvalue weighted by Gasteiger charge is -2.28. The molecule has 0 saturated carbocycles. The number of anilines is 3. The molecule has 6 aromatic rings. The van der Waals surface area contributed by atoms with Crippen LogP contribution in [-0.2, 0) is 11.8 Å². The minimum absolute atomic E-state index is 0.0664. The second kappa shape index (κ2) is 11.7. The average molecular weight is 582 g/mol.